The van der Waals surface area contributed by atoms with Crippen molar-refractivity contribution in [3.05, 3.63) is 71.8 Å². The molecule has 174 valence electrons. The molecule has 4 heteroatoms. The first-order valence-electron chi connectivity index (χ1n) is 11.9. The van der Waals surface area contributed by atoms with Gasteiger partial charge >= 0.3 is 0 Å². The highest BCUT2D eigenvalue weighted by Gasteiger charge is 2.22. The summed E-state index contributed by atoms with van der Waals surface area (Å²) in [6.07, 6.45) is 6.47. The monoisotopic (exact) mass is 450 g/mol. The second-order valence-corrected chi connectivity index (χ2v) is 8.84. The average Bonchev–Trinajstić information content (AvgIpc) is 2.86. The summed E-state index contributed by atoms with van der Waals surface area (Å²) >= 11 is 0. The van der Waals surface area contributed by atoms with Gasteiger partial charge in [0, 0.05) is 11.1 Å². The maximum Gasteiger partial charge on any atom is 0.201 e. The summed E-state index contributed by atoms with van der Waals surface area (Å²) in [5.41, 5.74) is 4.14. The normalized spacial score (nSPS) is 18.2. The second kappa shape index (κ2) is 10.4. The third-order valence-corrected chi connectivity index (χ3v) is 6.98. The maximum absolute atomic E-state index is 14.7. The van der Waals surface area contributed by atoms with E-state index < -0.39 is 11.6 Å². The SMILES string of the molecule is CCOc1cc(-c2ccc(C3CCC(CC)CC3)cc2)ccc1-c1ccc(OC)c(F)c1F. The van der Waals surface area contributed by atoms with Crippen molar-refractivity contribution in [2.75, 3.05) is 13.7 Å². The molecular formula is C29H32F2O2. The first-order valence-corrected chi connectivity index (χ1v) is 11.9. The van der Waals surface area contributed by atoms with E-state index in [-0.39, 0.29) is 11.3 Å². The molecule has 0 unspecified atom stereocenters. The zero-order chi connectivity index (χ0) is 23.4. The van der Waals surface area contributed by atoms with Crippen molar-refractivity contribution < 1.29 is 18.3 Å². The van der Waals surface area contributed by atoms with Crippen molar-refractivity contribution in [2.45, 2.75) is 51.9 Å². The number of benzene rings is 3. The highest BCUT2D eigenvalue weighted by molar-refractivity contribution is 5.77. The van der Waals surface area contributed by atoms with E-state index in [1.54, 1.807) is 6.07 Å². The second-order valence-electron chi connectivity index (χ2n) is 8.84. The topological polar surface area (TPSA) is 18.5 Å². The standard InChI is InChI=1S/C29H32F2O2/c1-4-19-6-8-20(9-7-19)21-10-12-22(13-11-21)23-14-15-24(27(18-23)33-5-2)25-16-17-26(32-3)29(31)28(25)30/h10-20H,4-9H2,1-3H3. The Labute approximate surface area is 195 Å². The molecule has 0 N–H and O–H groups in total. The summed E-state index contributed by atoms with van der Waals surface area (Å²) < 4.78 is 39.8. The third kappa shape index (κ3) is 4.90. The van der Waals surface area contributed by atoms with Crippen LogP contribution < -0.4 is 9.47 Å². The lowest BCUT2D eigenvalue weighted by Gasteiger charge is -2.28. The van der Waals surface area contributed by atoms with E-state index in [0.717, 1.165) is 17.0 Å². The van der Waals surface area contributed by atoms with E-state index in [2.05, 4.69) is 31.2 Å². The van der Waals surface area contributed by atoms with Crippen LogP contribution in [0.1, 0.15) is 57.4 Å². The van der Waals surface area contributed by atoms with Gasteiger partial charge in [0.25, 0.3) is 0 Å². The Morgan fingerprint density at radius 3 is 2.06 bits per heavy atom. The van der Waals surface area contributed by atoms with Crippen LogP contribution in [0.4, 0.5) is 8.78 Å². The van der Waals surface area contributed by atoms with Crippen LogP contribution in [0.3, 0.4) is 0 Å². The van der Waals surface area contributed by atoms with E-state index >= 15 is 0 Å². The fraction of sp³-hybridized carbons (Fsp3) is 0.379. The molecule has 3 aromatic rings. The van der Waals surface area contributed by atoms with E-state index in [1.165, 1.54) is 56.9 Å². The number of ether oxygens (including phenoxy) is 2. The van der Waals surface area contributed by atoms with Crippen LogP contribution in [0.15, 0.2) is 54.6 Å². The van der Waals surface area contributed by atoms with Gasteiger partial charge in [-0.2, -0.15) is 4.39 Å². The Morgan fingerprint density at radius 2 is 1.42 bits per heavy atom. The highest BCUT2D eigenvalue weighted by Crippen LogP contribution is 2.40. The van der Waals surface area contributed by atoms with E-state index in [4.69, 9.17) is 9.47 Å². The van der Waals surface area contributed by atoms with Gasteiger partial charge in [-0.25, -0.2) is 4.39 Å². The molecular weight excluding hydrogens is 418 g/mol. The molecule has 0 heterocycles. The number of halogens is 2. The van der Waals surface area contributed by atoms with Gasteiger partial charge in [0.1, 0.15) is 5.75 Å². The molecule has 0 aliphatic heterocycles. The largest absolute Gasteiger partial charge is 0.494 e. The van der Waals surface area contributed by atoms with Crippen LogP contribution in [0.25, 0.3) is 22.3 Å². The van der Waals surface area contributed by atoms with Gasteiger partial charge in [-0.3, -0.25) is 0 Å². The fourth-order valence-electron chi connectivity index (χ4n) is 4.95. The molecule has 0 amide bonds. The average molecular weight is 451 g/mol. The van der Waals surface area contributed by atoms with E-state index in [9.17, 15) is 8.78 Å². The van der Waals surface area contributed by atoms with Crippen LogP contribution in [-0.4, -0.2) is 13.7 Å². The molecule has 1 aliphatic rings. The first kappa shape index (κ1) is 23.3. The van der Waals surface area contributed by atoms with Crippen molar-refractivity contribution in [1.82, 2.24) is 0 Å². The van der Waals surface area contributed by atoms with Gasteiger partial charge in [-0.05, 0) is 85.4 Å². The molecule has 0 aromatic heterocycles. The van der Waals surface area contributed by atoms with Crippen LogP contribution in [-0.2, 0) is 0 Å². The predicted octanol–water partition coefficient (Wildman–Crippen LogP) is 8.39. The molecule has 3 aromatic carbocycles. The zero-order valence-electron chi connectivity index (χ0n) is 19.7. The molecule has 4 rings (SSSR count). The Bertz CT molecular complexity index is 1080. The molecule has 0 saturated heterocycles. The third-order valence-electron chi connectivity index (χ3n) is 6.98. The summed E-state index contributed by atoms with van der Waals surface area (Å²) in [7, 11) is 1.32. The lowest BCUT2D eigenvalue weighted by atomic mass is 9.77. The molecule has 0 radical (unpaired) electrons. The first-order chi connectivity index (χ1) is 16.0. The van der Waals surface area contributed by atoms with E-state index in [0.29, 0.717) is 23.8 Å². The number of methoxy groups -OCH3 is 1. The van der Waals surface area contributed by atoms with Crippen molar-refractivity contribution in [3.8, 4) is 33.8 Å². The predicted molar refractivity (Wildman–Crippen MR) is 130 cm³/mol. The minimum atomic E-state index is -0.995. The number of hydrogen-bond acceptors (Lipinski definition) is 2. The highest BCUT2D eigenvalue weighted by atomic mass is 19.2. The fourth-order valence-corrected chi connectivity index (χ4v) is 4.95. The summed E-state index contributed by atoms with van der Waals surface area (Å²) in [5.74, 6) is 0.0148. The summed E-state index contributed by atoms with van der Waals surface area (Å²) in [4.78, 5) is 0. The van der Waals surface area contributed by atoms with Gasteiger partial charge < -0.3 is 9.47 Å². The quantitative estimate of drug-likeness (QED) is 0.360. The van der Waals surface area contributed by atoms with E-state index in [1.807, 2.05) is 19.1 Å². The molecule has 1 fully saturated rings. The molecule has 0 spiro atoms. The van der Waals surface area contributed by atoms with Crippen molar-refractivity contribution in [2.24, 2.45) is 5.92 Å². The molecule has 0 bridgehead atoms. The summed E-state index contributed by atoms with van der Waals surface area (Å²) in [5, 5.41) is 0. The number of hydrogen-bond donors (Lipinski definition) is 0. The van der Waals surface area contributed by atoms with Crippen LogP contribution in [0.5, 0.6) is 11.5 Å². The Kier molecular flexibility index (Phi) is 7.32. The van der Waals surface area contributed by atoms with Crippen molar-refractivity contribution in [3.63, 3.8) is 0 Å². The Morgan fingerprint density at radius 1 is 0.758 bits per heavy atom. The molecule has 2 nitrogen and oxygen atoms in total. The van der Waals surface area contributed by atoms with Crippen molar-refractivity contribution in [1.29, 1.82) is 0 Å². The Hall–Kier alpha value is -2.88. The number of rotatable bonds is 7. The van der Waals surface area contributed by atoms with Crippen LogP contribution >= 0.6 is 0 Å². The lowest BCUT2D eigenvalue weighted by molar-refractivity contribution is 0.319. The van der Waals surface area contributed by atoms with Crippen LogP contribution in [0.2, 0.25) is 0 Å². The smallest absolute Gasteiger partial charge is 0.201 e. The van der Waals surface area contributed by atoms with Gasteiger partial charge in [0.05, 0.1) is 13.7 Å². The van der Waals surface area contributed by atoms with Gasteiger partial charge in [-0.1, -0.05) is 43.7 Å². The lowest BCUT2D eigenvalue weighted by Crippen LogP contribution is -2.12. The minimum absolute atomic E-state index is 0.117. The molecule has 1 aliphatic carbocycles. The van der Waals surface area contributed by atoms with Crippen LogP contribution in [0, 0.1) is 17.6 Å². The summed E-state index contributed by atoms with van der Waals surface area (Å²) in [6, 6.07) is 17.4. The minimum Gasteiger partial charge on any atom is -0.494 e. The maximum atomic E-state index is 14.7. The van der Waals surface area contributed by atoms with Gasteiger partial charge in [-0.15, -0.1) is 0 Å². The summed E-state index contributed by atoms with van der Waals surface area (Å²) in [6.45, 7) is 4.60. The van der Waals surface area contributed by atoms with Gasteiger partial charge in [0.2, 0.25) is 5.82 Å². The Balaban J connectivity index is 1.61. The molecule has 0 atom stereocenters. The van der Waals surface area contributed by atoms with Gasteiger partial charge in [0.15, 0.2) is 11.6 Å². The molecule has 1 saturated carbocycles. The molecule has 33 heavy (non-hydrogen) atoms. The van der Waals surface area contributed by atoms with Crippen molar-refractivity contribution >= 4 is 0 Å². The zero-order valence-corrected chi connectivity index (χ0v) is 19.7.